The van der Waals surface area contributed by atoms with Crippen molar-refractivity contribution in [2.45, 2.75) is 19.5 Å². The Labute approximate surface area is 131 Å². The van der Waals surface area contributed by atoms with Gasteiger partial charge in [-0.2, -0.15) is 0 Å². The number of benzene rings is 1. The zero-order chi connectivity index (χ0) is 16.3. The number of nitro benzene ring substituents is 1. The second-order valence-corrected chi connectivity index (χ2v) is 6.17. The summed E-state index contributed by atoms with van der Waals surface area (Å²) in [7, 11) is 1.77. The van der Waals surface area contributed by atoms with Crippen molar-refractivity contribution < 1.29 is 14.8 Å². The van der Waals surface area contributed by atoms with Crippen LogP contribution in [0.2, 0.25) is 0 Å². The molecule has 0 saturated heterocycles. The third-order valence-corrected chi connectivity index (χ3v) is 4.57. The number of carboxylic acids is 1. The maximum atomic E-state index is 11.0. The van der Waals surface area contributed by atoms with Crippen LogP contribution in [0.3, 0.4) is 0 Å². The largest absolute Gasteiger partial charge is 0.480 e. The second-order valence-electron chi connectivity index (χ2n) is 5.00. The van der Waals surface area contributed by atoms with Gasteiger partial charge in [-0.05, 0) is 43.8 Å². The molecule has 1 heterocycles. The van der Waals surface area contributed by atoms with E-state index in [0.29, 0.717) is 6.54 Å². The molecule has 1 atom stereocenters. The predicted molar refractivity (Wildman–Crippen MR) is 85.0 cm³/mol. The minimum Gasteiger partial charge on any atom is -0.480 e. The van der Waals surface area contributed by atoms with Crippen molar-refractivity contribution >= 4 is 23.0 Å². The Hall–Kier alpha value is -2.25. The highest BCUT2D eigenvalue weighted by Crippen LogP contribution is 2.30. The number of nitrogens with zero attached hydrogens (tertiary/aromatic N) is 2. The van der Waals surface area contributed by atoms with E-state index in [1.54, 1.807) is 42.3 Å². The summed E-state index contributed by atoms with van der Waals surface area (Å²) in [5, 5.41) is 19.6. The van der Waals surface area contributed by atoms with Crippen molar-refractivity contribution in [3.63, 3.8) is 0 Å². The fraction of sp³-hybridized carbons (Fsp3) is 0.267. The summed E-state index contributed by atoms with van der Waals surface area (Å²) in [5.74, 6) is -0.852. The first-order valence-electron chi connectivity index (χ1n) is 6.65. The van der Waals surface area contributed by atoms with Crippen LogP contribution >= 0.6 is 11.3 Å². The average Bonchev–Trinajstić information content (AvgIpc) is 2.94. The topological polar surface area (TPSA) is 83.7 Å². The number of rotatable bonds is 6. The van der Waals surface area contributed by atoms with Crippen molar-refractivity contribution in [2.24, 2.45) is 0 Å². The van der Waals surface area contributed by atoms with Gasteiger partial charge in [-0.15, -0.1) is 11.3 Å². The van der Waals surface area contributed by atoms with Gasteiger partial charge < -0.3 is 5.11 Å². The first-order valence-corrected chi connectivity index (χ1v) is 7.46. The quantitative estimate of drug-likeness (QED) is 0.652. The molecule has 0 aliphatic heterocycles. The number of hydrogen-bond donors (Lipinski definition) is 1. The second kappa shape index (κ2) is 6.67. The van der Waals surface area contributed by atoms with Crippen LogP contribution in [0.1, 0.15) is 11.8 Å². The Kier molecular flexibility index (Phi) is 4.89. The van der Waals surface area contributed by atoms with E-state index < -0.39 is 16.9 Å². The maximum absolute atomic E-state index is 11.0. The van der Waals surface area contributed by atoms with Gasteiger partial charge in [-0.25, -0.2) is 0 Å². The molecule has 1 unspecified atom stereocenters. The monoisotopic (exact) mass is 320 g/mol. The maximum Gasteiger partial charge on any atom is 0.320 e. The minimum atomic E-state index is -0.852. The zero-order valence-corrected chi connectivity index (χ0v) is 13.0. The van der Waals surface area contributed by atoms with E-state index in [4.69, 9.17) is 5.11 Å². The summed E-state index contributed by atoms with van der Waals surface area (Å²) >= 11 is 1.55. The number of carboxylic acid groups (broad SMARTS) is 1. The SMILES string of the molecule is CC(C(=O)O)N(C)Cc1ccc(-c2ccc([N+](=O)[O-])cc2)s1. The average molecular weight is 320 g/mol. The Morgan fingerprint density at radius 2 is 1.95 bits per heavy atom. The molecule has 2 aromatic rings. The van der Waals surface area contributed by atoms with E-state index in [9.17, 15) is 14.9 Å². The Balaban J connectivity index is 2.11. The third kappa shape index (κ3) is 3.69. The lowest BCUT2D eigenvalue weighted by atomic mass is 10.2. The molecule has 22 heavy (non-hydrogen) atoms. The third-order valence-electron chi connectivity index (χ3n) is 3.45. The lowest BCUT2D eigenvalue weighted by molar-refractivity contribution is -0.384. The van der Waals surface area contributed by atoms with Crippen LogP contribution in [0.15, 0.2) is 36.4 Å². The lowest BCUT2D eigenvalue weighted by Crippen LogP contribution is -2.34. The standard InChI is InChI=1S/C15H16N2O4S/c1-10(15(18)19)16(2)9-13-7-8-14(22-13)11-3-5-12(6-4-11)17(20)21/h3-8,10H,9H2,1-2H3,(H,18,19). The van der Waals surface area contributed by atoms with Crippen molar-refractivity contribution in [2.75, 3.05) is 7.05 Å². The highest BCUT2D eigenvalue weighted by molar-refractivity contribution is 7.15. The molecule has 0 amide bonds. The molecule has 1 N–H and O–H groups in total. The van der Waals surface area contributed by atoms with Crippen LogP contribution in [-0.4, -0.2) is 34.0 Å². The van der Waals surface area contributed by atoms with Gasteiger partial charge in [0.05, 0.1) is 4.92 Å². The molecule has 0 aliphatic carbocycles. The summed E-state index contributed by atoms with van der Waals surface area (Å²) in [6, 6.07) is 9.74. The molecule has 0 bridgehead atoms. The highest BCUT2D eigenvalue weighted by atomic mass is 32.1. The number of nitro groups is 1. The number of hydrogen-bond acceptors (Lipinski definition) is 5. The van der Waals surface area contributed by atoms with Crippen LogP contribution in [-0.2, 0) is 11.3 Å². The normalized spacial score (nSPS) is 12.3. The molecule has 0 saturated carbocycles. The number of carbonyl (C=O) groups is 1. The van der Waals surface area contributed by atoms with Gasteiger partial charge in [0, 0.05) is 28.4 Å². The molecule has 1 aromatic carbocycles. The predicted octanol–water partition coefficient (Wildman–Crippen LogP) is 3.23. The van der Waals surface area contributed by atoms with Crippen molar-refractivity contribution in [3.8, 4) is 10.4 Å². The Morgan fingerprint density at radius 3 is 2.50 bits per heavy atom. The molecule has 0 fully saturated rings. The van der Waals surface area contributed by atoms with E-state index in [1.807, 2.05) is 12.1 Å². The highest BCUT2D eigenvalue weighted by Gasteiger charge is 2.17. The molecule has 7 heteroatoms. The molecule has 2 rings (SSSR count). The molecular formula is C15H16N2O4S. The summed E-state index contributed by atoms with van der Waals surface area (Å²) in [4.78, 5) is 25.0. The van der Waals surface area contributed by atoms with Gasteiger partial charge in [0.25, 0.3) is 5.69 Å². The van der Waals surface area contributed by atoms with E-state index in [-0.39, 0.29) is 5.69 Å². The van der Waals surface area contributed by atoms with Crippen LogP contribution in [0, 0.1) is 10.1 Å². The summed E-state index contributed by atoms with van der Waals surface area (Å²) in [5.41, 5.74) is 0.978. The molecule has 116 valence electrons. The number of likely N-dealkylation sites (N-methyl/N-ethyl adjacent to an activating group) is 1. The summed E-state index contributed by atoms with van der Waals surface area (Å²) < 4.78 is 0. The number of aliphatic carboxylic acids is 1. The Bertz CT molecular complexity index is 681. The van der Waals surface area contributed by atoms with Crippen LogP contribution in [0.4, 0.5) is 5.69 Å². The van der Waals surface area contributed by atoms with Gasteiger partial charge in [-0.1, -0.05) is 0 Å². The molecule has 0 spiro atoms. The smallest absolute Gasteiger partial charge is 0.320 e. The molecule has 6 nitrogen and oxygen atoms in total. The Morgan fingerprint density at radius 1 is 1.32 bits per heavy atom. The number of thiophene rings is 1. The van der Waals surface area contributed by atoms with Gasteiger partial charge in [0.1, 0.15) is 6.04 Å². The fourth-order valence-corrected chi connectivity index (χ4v) is 3.01. The van der Waals surface area contributed by atoms with Crippen LogP contribution < -0.4 is 0 Å². The first-order chi connectivity index (χ1) is 10.4. The summed E-state index contributed by atoms with van der Waals surface area (Å²) in [6.07, 6.45) is 0. The van der Waals surface area contributed by atoms with Crippen molar-refractivity contribution in [1.82, 2.24) is 4.90 Å². The van der Waals surface area contributed by atoms with Gasteiger partial charge in [0.2, 0.25) is 0 Å². The van der Waals surface area contributed by atoms with E-state index >= 15 is 0 Å². The molecule has 0 radical (unpaired) electrons. The zero-order valence-electron chi connectivity index (χ0n) is 12.2. The molecule has 0 aliphatic rings. The van der Waals surface area contributed by atoms with Gasteiger partial charge in [0.15, 0.2) is 0 Å². The van der Waals surface area contributed by atoms with Crippen molar-refractivity contribution in [3.05, 3.63) is 51.4 Å². The first kappa shape index (κ1) is 16.1. The molecule has 1 aromatic heterocycles. The minimum absolute atomic E-state index is 0.0653. The van der Waals surface area contributed by atoms with Crippen molar-refractivity contribution in [1.29, 1.82) is 0 Å². The molecular weight excluding hydrogens is 304 g/mol. The van der Waals surface area contributed by atoms with E-state index in [2.05, 4.69) is 0 Å². The summed E-state index contributed by atoms with van der Waals surface area (Å²) in [6.45, 7) is 2.19. The van der Waals surface area contributed by atoms with Gasteiger partial charge >= 0.3 is 5.97 Å². The van der Waals surface area contributed by atoms with E-state index in [0.717, 1.165) is 15.3 Å². The van der Waals surface area contributed by atoms with Gasteiger partial charge in [-0.3, -0.25) is 19.8 Å². The van der Waals surface area contributed by atoms with Crippen LogP contribution in [0.25, 0.3) is 10.4 Å². The fourth-order valence-electron chi connectivity index (χ4n) is 1.94. The number of non-ortho nitro benzene ring substituents is 1. The van der Waals surface area contributed by atoms with E-state index in [1.165, 1.54) is 12.1 Å². The van der Waals surface area contributed by atoms with Crippen LogP contribution in [0.5, 0.6) is 0 Å². The lowest BCUT2D eigenvalue weighted by Gasteiger charge is -2.19.